The fourth-order valence-electron chi connectivity index (χ4n) is 2.39. The van der Waals surface area contributed by atoms with Crippen LogP contribution in [0.1, 0.15) is 42.1 Å². The van der Waals surface area contributed by atoms with E-state index >= 15 is 0 Å². The molecule has 1 amide bonds. The number of amides is 1. The van der Waals surface area contributed by atoms with Crippen LogP contribution in [0.15, 0.2) is 23.3 Å². The smallest absolute Gasteiger partial charge is 0.362 e. The summed E-state index contributed by atoms with van der Waals surface area (Å²) in [6.45, 7) is 3.51. The number of aryl methyl sites for hydroxylation is 1. The third-order valence-corrected chi connectivity index (χ3v) is 3.90. The lowest BCUT2D eigenvalue weighted by molar-refractivity contribution is -0.297. The molecule has 1 aromatic rings. The van der Waals surface area contributed by atoms with Crippen LogP contribution in [0.2, 0.25) is 5.02 Å². The molecule has 0 fully saturated rings. The first-order valence-corrected chi connectivity index (χ1v) is 7.44. The summed E-state index contributed by atoms with van der Waals surface area (Å²) in [6.07, 6.45) is -4.96. The molecule has 1 N–H and O–H groups in total. The van der Waals surface area contributed by atoms with E-state index in [9.17, 15) is 23.1 Å². The van der Waals surface area contributed by atoms with Crippen LogP contribution in [0.3, 0.4) is 0 Å². The van der Waals surface area contributed by atoms with Crippen molar-refractivity contribution in [1.29, 1.82) is 0 Å². The molecule has 1 aliphatic rings. The van der Waals surface area contributed by atoms with Gasteiger partial charge in [0.25, 0.3) is 11.6 Å². The van der Waals surface area contributed by atoms with Gasteiger partial charge < -0.3 is 5.11 Å². The minimum absolute atomic E-state index is 0.0127. The van der Waals surface area contributed by atoms with Gasteiger partial charge in [0, 0.05) is 12.1 Å². The number of hydrogen-bond donors (Lipinski definition) is 1. The fraction of sp³-hybridized carbons (Fsp3) is 0.467. The van der Waals surface area contributed by atoms with E-state index < -0.39 is 24.2 Å². The Labute approximate surface area is 136 Å². The second-order valence-corrected chi connectivity index (χ2v) is 5.91. The lowest BCUT2D eigenvalue weighted by Gasteiger charge is -2.32. The van der Waals surface area contributed by atoms with Crippen LogP contribution >= 0.6 is 11.6 Å². The summed E-state index contributed by atoms with van der Waals surface area (Å²) in [5.41, 5.74) is -2.59. The van der Waals surface area contributed by atoms with Crippen molar-refractivity contribution < 1.29 is 23.1 Å². The Bertz CT molecular complexity index is 661. The van der Waals surface area contributed by atoms with Gasteiger partial charge in [-0.3, -0.25) is 4.79 Å². The first kappa shape index (κ1) is 17.7. The first-order chi connectivity index (χ1) is 10.6. The quantitative estimate of drug-likeness (QED) is 0.900. The van der Waals surface area contributed by atoms with Crippen LogP contribution in [0.4, 0.5) is 13.2 Å². The van der Waals surface area contributed by atoms with Crippen LogP contribution in [-0.4, -0.2) is 33.6 Å². The number of carbonyl (C=O) groups excluding carboxylic acids is 1. The highest BCUT2D eigenvalue weighted by Gasteiger charge is 2.63. The summed E-state index contributed by atoms with van der Waals surface area (Å²) < 4.78 is 39.9. The maximum Gasteiger partial charge on any atom is 0.438 e. The molecule has 0 spiro atoms. The molecule has 0 unspecified atom stereocenters. The Balaban J connectivity index is 2.45. The zero-order valence-electron chi connectivity index (χ0n) is 12.6. The van der Waals surface area contributed by atoms with Gasteiger partial charge in [-0.25, -0.2) is 0 Å². The highest BCUT2D eigenvalue weighted by atomic mass is 35.5. The van der Waals surface area contributed by atoms with Crippen molar-refractivity contribution in [3.8, 4) is 0 Å². The number of halogens is 4. The number of carbonyl (C=O) groups is 1. The van der Waals surface area contributed by atoms with E-state index in [1.807, 2.05) is 0 Å². The molecule has 1 atom stereocenters. The second kappa shape index (κ2) is 6.13. The predicted molar refractivity (Wildman–Crippen MR) is 80.3 cm³/mol. The van der Waals surface area contributed by atoms with Gasteiger partial charge in [0.15, 0.2) is 0 Å². The Morgan fingerprint density at radius 3 is 2.65 bits per heavy atom. The van der Waals surface area contributed by atoms with Crippen molar-refractivity contribution in [2.75, 3.05) is 0 Å². The molecule has 1 aromatic carbocycles. The van der Waals surface area contributed by atoms with Gasteiger partial charge >= 0.3 is 6.18 Å². The van der Waals surface area contributed by atoms with E-state index in [4.69, 9.17) is 11.6 Å². The van der Waals surface area contributed by atoms with E-state index in [2.05, 4.69) is 5.10 Å². The van der Waals surface area contributed by atoms with E-state index in [1.54, 1.807) is 19.9 Å². The number of rotatable bonds is 3. The van der Waals surface area contributed by atoms with E-state index in [1.165, 1.54) is 12.1 Å². The zero-order valence-corrected chi connectivity index (χ0v) is 13.4. The highest BCUT2D eigenvalue weighted by molar-refractivity contribution is 6.34. The number of hydrazone groups is 1. The average molecular weight is 349 g/mol. The minimum Gasteiger partial charge on any atom is -0.362 e. The number of alkyl halides is 3. The summed E-state index contributed by atoms with van der Waals surface area (Å²) in [6, 6.07) is 4.34. The Morgan fingerprint density at radius 1 is 1.48 bits per heavy atom. The number of benzene rings is 1. The monoisotopic (exact) mass is 348 g/mol. The van der Waals surface area contributed by atoms with Crippen LogP contribution in [-0.2, 0) is 0 Å². The molecule has 1 heterocycles. The third kappa shape index (κ3) is 3.21. The number of nitrogens with zero attached hydrogens (tertiary/aromatic N) is 2. The summed E-state index contributed by atoms with van der Waals surface area (Å²) in [5.74, 6) is -1.08. The predicted octanol–water partition coefficient (Wildman–Crippen LogP) is 3.90. The Kier molecular flexibility index (Phi) is 4.73. The van der Waals surface area contributed by atoms with Crippen molar-refractivity contribution in [2.45, 2.75) is 45.0 Å². The van der Waals surface area contributed by atoms with Crippen LogP contribution in [0, 0.1) is 6.92 Å². The average Bonchev–Trinajstić information content (AvgIpc) is 2.76. The molecule has 8 heteroatoms. The molecule has 2 rings (SSSR count). The van der Waals surface area contributed by atoms with Gasteiger partial charge in [-0.2, -0.15) is 23.3 Å². The maximum absolute atomic E-state index is 13.3. The van der Waals surface area contributed by atoms with Crippen molar-refractivity contribution >= 4 is 23.2 Å². The van der Waals surface area contributed by atoms with Gasteiger partial charge in [-0.05, 0) is 31.0 Å². The molecule has 1 aliphatic heterocycles. The van der Waals surface area contributed by atoms with Gasteiger partial charge in [0.1, 0.15) is 0 Å². The van der Waals surface area contributed by atoms with Crippen LogP contribution < -0.4 is 0 Å². The van der Waals surface area contributed by atoms with Gasteiger partial charge in [-0.15, -0.1) is 0 Å². The Hall–Kier alpha value is -1.60. The standard InChI is InChI=1S/C15H16ClF3N2O2/c1-3-4-10-8-14(23,15(17,18)19)21(20-10)13(22)11-6-5-9(2)7-12(11)16/h5-7,23H,3-4,8H2,1-2H3/t14-/m0/s1. The highest BCUT2D eigenvalue weighted by Crippen LogP contribution is 2.42. The molecular formula is C15H16ClF3N2O2. The van der Waals surface area contributed by atoms with Crippen molar-refractivity contribution in [2.24, 2.45) is 5.10 Å². The molecule has 0 bridgehead atoms. The minimum atomic E-state index is -5.03. The molecule has 0 saturated heterocycles. The maximum atomic E-state index is 13.3. The molecule has 0 aliphatic carbocycles. The van der Waals surface area contributed by atoms with Crippen molar-refractivity contribution in [1.82, 2.24) is 5.01 Å². The zero-order chi connectivity index (χ0) is 17.4. The first-order valence-electron chi connectivity index (χ1n) is 7.06. The SMILES string of the molecule is CCCC1=NN(C(=O)c2ccc(C)cc2Cl)[C@@](O)(C(F)(F)F)C1. The normalized spacial score (nSPS) is 21.5. The van der Waals surface area contributed by atoms with Crippen molar-refractivity contribution in [3.63, 3.8) is 0 Å². The summed E-state index contributed by atoms with van der Waals surface area (Å²) in [7, 11) is 0. The largest absolute Gasteiger partial charge is 0.438 e. The molecule has 0 radical (unpaired) electrons. The van der Waals surface area contributed by atoms with E-state index in [0.717, 1.165) is 5.56 Å². The molecule has 126 valence electrons. The second-order valence-electron chi connectivity index (χ2n) is 5.51. The summed E-state index contributed by atoms with van der Waals surface area (Å²) in [4.78, 5) is 12.5. The topological polar surface area (TPSA) is 52.9 Å². The molecule has 4 nitrogen and oxygen atoms in total. The van der Waals surface area contributed by atoms with Crippen molar-refractivity contribution in [3.05, 3.63) is 34.3 Å². The molecule has 0 aromatic heterocycles. The number of aliphatic hydroxyl groups is 1. The van der Waals surface area contributed by atoms with E-state index in [-0.39, 0.29) is 27.7 Å². The van der Waals surface area contributed by atoms with Crippen LogP contribution in [0.25, 0.3) is 0 Å². The molecule has 23 heavy (non-hydrogen) atoms. The third-order valence-electron chi connectivity index (χ3n) is 3.58. The molecule has 0 saturated carbocycles. The van der Waals surface area contributed by atoms with Crippen LogP contribution in [0.5, 0.6) is 0 Å². The fourth-order valence-corrected chi connectivity index (χ4v) is 2.70. The lowest BCUT2D eigenvalue weighted by Crippen LogP contribution is -2.56. The Morgan fingerprint density at radius 2 is 2.13 bits per heavy atom. The summed E-state index contributed by atoms with van der Waals surface area (Å²) in [5, 5.41) is 13.9. The van der Waals surface area contributed by atoms with Gasteiger partial charge in [0.2, 0.25) is 0 Å². The lowest BCUT2D eigenvalue weighted by atomic mass is 10.0. The number of hydrogen-bond acceptors (Lipinski definition) is 3. The summed E-state index contributed by atoms with van der Waals surface area (Å²) >= 11 is 5.95. The van der Waals surface area contributed by atoms with E-state index in [0.29, 0.717) is 6.42 Å². The molecular weight excluding hydrogens is 333 g/mol. The van der Waals surface area contributed by atoms with Gasteiger partial charge in [0.05, 0.1) is 10.6 Å². The van der Waals surface area contributed by atoms with Gasteiger partial charge in [-0.1, -0.05) is 31.0 Å².